The molecule has 0 fully saturated rings. The Balaban J connectivity index is 1.68. The lowest BCUT2D eigenvalue weighted by atomic mass is 10.2. The molecular formula is C15H17N5O2. The third-order valence-corrected chi connectivity index (χ3v) is 3.47. The van der Waals surface area contributed by atoms with E-state index in [-0.39, 0.29) is 11.7 Å². The monoisotopic (exact) mass is 299 g/mol. The van der Waals surface area contributed by atoms with Gasteiger partial charge in [0.15, 0.2) is 5.76 Å². The summed E-state index contributed by atoms with van der Waals surface area (Å²) in [4.78, 5) is 11.9. The van der Waals surface area contributed by atoms with Gasteiger partial charge in [0, 0.05) is 24.0 Å². The van der Waals surface area contributed by atoms with Crippen molar-refractivity contribution in [3.63, 3.8) is 0 Å². The molecular weight excluding hydrogens is 282 g/mol. The topological polar surface area (TPSA) is 77.9 Å². The Hall–Kier alpha value is -2.83. The predicted molar refractivity (Wildman–Crippen MR) is 80.6 cm³/mol. The number of hydrogen-bond acceptors (Lipinski definition) is 4. The van der Waals surface area contributed by atoms with Crippen LogP contribution in [0.25, 0.3) is 0 Å². The Morgan fingerprint density at radius 2 is 2.23 bits per heavy atom. The van der Waals surface area contributed by atoms with Crippen LogP contribution in [-0.2, 0) is 13.1 Å². The Morgan fingerprint density at radius 1 is 1.36 bits per heavy atom. The van der Waals surface area contributed by atoms with Crippen LogP contribution in [0.3, 0.4) is 0 Å². The minimum Gasteiger partial charge on any atom is -0.459 e. The summed E-state index contributed by atoms with van der Waals surface area (Å²) in [6, 6.07) is 3.29. The van der Waals surface area contributed by atoms with Gasteiger partial charge in [0.1, 0.15) is 0 Å². The first-order valence-electron chi connectivity index (χ1n) is 7.06. The molecule has 0 spiro atoms. The maximum absolute atomic E-state index is 11.9. The summed E-state index contributed by atoms with van der Waals surface area (Å²) in [5.41, 5.74) is 2.86. The van der Waals surface area contributed by atoms with E-state index in [9.17, 15) is 4.79 Å². The lowest BCUT2D eigenvalue weighted by Crippen LogP contribution is -2.10. The summed E-state index contributed by atoms with van der Waals surface area (Å²) in [7, 11) is 0. The molecule has 0 unspecified atom stereocenters. The maximum Gasteiger partial charge on any atom is 0.291 e. The van der Waals surface area contributed by atoms with Gasteiger partial charge in [0.05, 0.1) is 30.9 Å². The van der Waals surface area contributed by atoms with Crippen molar-refractivity contribution in [3.8, 4) is 0 Å². The van der Waals surface area contributed by atoms with Crippen molar-refractivity contribution in [2.24, 2.45) is 0 Å². The fourth-order valence-electron chi connectivity index (χ4n) is 2.25. The first kappa shape index (κ1) is 14.1. The van der Waals surface area contributed by atoms with E-state index in [1.165, 1.54) is 6.26 Å². The van der Waals surface area contributed by atoms with Gasteiger partial charge in [-0.15, -0.1) is 0 Å². The number of anilines is 1. The zero-order valence-electron chi connectivity index (χ0n) is 12.5. The summed E-state index contributed by atoms with van der Waals surface area (Å²) >= 11 is 0. The Bertz CT molecular complexity index is 770. The molecule has 3 aromatic heterocycles. The van der Waals surface area contributed by atoms with Crippen LogP contribution in [0.1, 0.15) is 28.7 Å². The van der Waals surface area contributed by atoms with E-state index in [1.807, 2.05) is 17.8 Å². The minimum atomic E-state index is -0.292. The number of carbonyl (C=O) groups excluding carboxylic acids is 1. The quantitative estimate of drug-likeness (QED) is 0.784. The summed E-state index contributed by atoms with van der Waals surface area (Å²) in [6.07, 6.45) is 6.71. The molecule has 114 valence electrons. The highest BCUT2D eigenvalue weighted by Crippen LogP contribution is 2.12. The van der Waals surface area contributed by atoms with Crippen LogP contribution in [0.5, 0.6) is 0 Å². The number of amides is 1. The highest BCUT2D eigenvalue weighted by Gasteiger charge is 2.11. The molecule has 3 heterocycles. The van der Waals surface area contributed by atoms with Gasteiger partial charge >= 0.3 is 0 Å². The van der Waals surface area contributed by atoms with E-state index in [4.69, 9.17) is 4.42 Å². The highest BCUT2D eigenvalue weighted by molar-refractivity contribution is 6.02. The van der Waals surface area contributed by atoms with Crippen molar-refractivity contribution in [1.29, 1.82) is 0 Å². The molecule has 0 radical (unpaired) electrons. The van der Waals surface area contributed by atoms with E-state index >= 15 is 0 Å². The number of rotatable bonds is 5. The number of aromatic nitrogens is 4. The van der Waals surface area contributed by atoms with Crippen LogP contribution in [-0.4, -0.2) is 25.5 Å². The normalized spacial score (nSPS) is 10.8. The van der Waals surface area contributed by atoms with E-state index in [1.54, 1.807) is 29.2 Å². The van der Waals surface area contributed by atoms with Gasteiger partial charge in [-0.25, -0.2) is 0 Å². The summed E-state index contributed by atoms with van der Waals surface area (Å²) < 4.78 is 8.76. The number of furan rings is 1. The summed E-state index contributed by atoms with van der Waals surface area (Å²) in [5.74, 6) is -0.0210. The SMILES string of the molecule is CCn1ncc(Cn2cc(NC(=O)c3ccco3)cn2)c1C. The molecule has 0 aliphatic rings. The molecule has 0 aliphatic heterocycles. The van der Waals surface area contributed by atoms with Crippen molar-refractivity contribution >= 4 is 11.6 Å². The van der Waals surface area contributed by atoms with Gasteiger partial charge in [-0.3, -0.25) is 14.2 Å². The van der Waals surface area contributed by atoms with Crippen molar-refractivity contribution in [2.45, 2.75) is 26.9 Å². The molecule has 7 nitrogen and oxygen atoms in total. The van der Waals surface area contributed by atoms with Gasteiger partial charge in [0.2, 0.25) is 0 Å². The third-order valence-electron chi connectivity index (χ3n) is 3.47. The van der Waals surface area contributed by atoms with Crippen molar-refractivity contribution in [2.75, 3.05) is 5.32 Å². The fourth-order valence-corrected chi connectivity index (χ4v) is 2.25. The first-order valence-corrected chi connectivity index (χ1v) is 7.06. The molecule has 1 N–H and O–H groups in total. The third kappa shape index (κ3) is 2.78. The Morgan fingerprint density at radius 3 is 2.91 bits per heavy atom. The number of nitrogens with one attached hydrogen (secondary N) is 1. The van der Waals surface area contributed by atoms with E-state index in [0.29, 0.717) is 12.2 Å². The van der Waals surface area contributed by atoms with Gasteiger partial charge in [-0.05, 0) is 26.0 Å². The van der Waals surface area contributed by atoms with E-state index in [0.717, 1.165) is 17.8 Å². The largest absolute Gasteiger partial charge is 0.459 e. The molecule has 0 aromatic carbocycles. The minimum absolute atomic E-state index is 0.271. The zero-order chi connectivity index (χ0) is 15.5. The molecule has 3 aromatic rings. The average molecular weight is 299 g/mol. The number of hydrogen-bond donors (Lipinski definition) is 1. The lowest BCUT2D eigenvalue weighted by molar-refractivity contribution is 0.0996. The van der Waals surface area contributed by atoms with Crippen LogP contribution >= 0.6 is 0 Å². The van der Waals surface area contributed by atoms with Crippen LogP contribution in [0.15, 0.2) is 41.4 Å². The second kappa shape index (κ2) is 5.88. The zero-order valence-corrected chi connectivity index (χ0v) is 12.5. The fraction of sp³-hybridized carbons (Fsp3) is 0.267. The smallest absolute Gasteiger partial charge is 0.291 e. The Kier molecular flexibility index (Phi) is 3.78. The maximum atomic E-state index is 11.9. The molecule has 0 saturated heterocycles. The average Bonchev–Trinajstić information content (AvgIpc) is 3.23. The summed E-state index contributed by atoms with van der Waals surface area (Å²) in [5, 5.41) is 11.3. The van der Waals surface area contributed by atoms with Crippen molar-refractivity contribution < 1.29 is 9.21 Å². The standard InChI is InChI=1S/C15H17N5O2/c1-3-20-11(2)12(7-17-20)9-19-10-13(8-16-19)18-15(21)14-5-4-6-22-14/h4-8,10H,3,9H2,1-2H3,(H,18,21). The number of nitrogens with zero attached hydrogens (tertiary/aromatic N) is 4. The van der Waals surface area contributed by atoms with Crippen molar-refractivity contribution in [1.82, 2.24) is 19.6 Å². The molecule has 0 aliphatic carbocycles. The Labute approximate surface area is 127 Å². The molecule has 22 heavy (non-hydrogen) atoms. The van der Waals surface area contributed by atoms with Crippen LogP contribution in [0.2, 0.25) is 0 Å². The molecule has 7 heteroatoms. The molecule has 0 bridgehead atoms. The van der Waals surface area contributed by atoms with E-state index in [2.05, 4.69) is 22.4 Å². The van der Waals surface area contributed by atoms with Gasteiger partial charge < -0.3 is 9.73 Å². The van der Waals surface area contributed by atoms with E-state index < -0.39 is 0 Å². The molecule has 3 rings (SSSR count). The lowest BCUT2D eigenvalue weighted by Gasteiger charge is -2.03. The molecule has 0 atom stereocenters. The van der Waals surface area contributed by atoms with Crippen LogP contribution < -0.4 is 5.32 Å². The van der Waals surface area contributed by atoms with Gasteiger partial charge in [-0.1, -0.05) is 0 Å². The molecule has 0 saturated carbocycles. The number of carbonyl (C=O) groups is 1. The first-order chi connectivity index (χ1) is 10.7. The van der Waals surface area contributed by atoms with Crippen LogP contribution in [0, 0.1) is 6.92 Å². The highest BCUT2D eigenvalue weighted by atomic mass is 16.3. The second-order valence-corrected chi connectivity index (χ2v) is 4.93. The van der Waals surface area contributed by atoms with Gasteiger partial charge in [-0.2, -0.15) is 10.2 Å². The number of aryl methyl sites for hydroxylation is 1. The predicted octanol–water partition coefficient (Wildman–Crippen LogP) is 2.30. The summed E-state index contributed by atoms with van der Waals surface area (Å²) in [6.45, 7) is 5.55. The van der Waals surface area contributed by atoms with Crippen molar-refractivity contribution in [3.05, 3.63) is 54.0 Å². The molecule has 1 amide bonds. The second-order valence-electron chi connectivity index (χ2n) is 4.93. The van der Waals surface area contributed by atoms with Crippen LogP contribution in [0.4, 0.5) is 5.69 Å². The van der Waals surface area contributed by atoms with Gasteiger partial charge in [0.25, 0.3) is 5.91 Å².